The van der Waals surface area contributed by atoms with Gasteiger partial charge in [0.2, 0.25) is 0 Å². The Bertz CT molecular complexity index is 544. The van der Waals surface area contributed by atoms with Gasteiger partial charge in [-0.1, -0.05) is 17.7 Å². The van der Waals surface area contributed by atoms with Gasteiger partial charge in [0.05, 0.1) is 6.42 Å². The molecule has 0 saturated heterocycles. The van der Waals surface area contributed by atoms with Gasteiger partial charge in [-0.15, -0.1) is 11.8 Å². The van der Waals surface area contributed by atoms with Crippen LogP contribution in [0.3, 0.4) is 0 Å². The minimum atomic E-state index is -0.650. The molecular weight excluding hydrogens is 316 g/mol. The zero-order valence-electron chi connectivity index (χ0n) is 13.5. The first-order chi connectivity index (χ1) is 10.9. The van der Waals surface area contributed by atoms with Gasteiger partial charge in [-0.2, -0.15) is 0 Å². The van der Waals surface area contributed by atoms with Crippen LogP contribution in [0.25, 0.3) is 0 Å². The lowest BCUT2D eigenvalue weighted by Gasteiger charge is -2.09. The summed E-state index contributed by atoms with van der Waals surface area (Å²) in [4.78, 5) is 35.3. The van der Waals surface area contributed by atoms with Gasteiger partial charge >= 0.3 is 12.0 Å². The van der Waals surface area contributed by atoms with Crippen molar-refractivity contribution >= 4 is 29.7 Å². The Balaban J connectivity index is 2.17. The minimum Gasteiger partial charge on any atom is -0.456 e. The van der Waals surface area contributed by atoms with Gasteiger partial charge in [0, 0.05) is 16.7 Å². The van der Waals surface area contributed by atoms with E-state index >= 15 is 0 Å². The van der Waals surface area contributed by atoms with Gasteiger partial charge in [-0.3, -0.25) is 14.9 Å². The van der Waals surface area contributed by atoms with Crippen LogP contribution in [0, 0.1) is 6.92 Å². The van der Waals surface area contributed by atoms with Crippen molar-refractivity contribution in [1.29, 1.82) is 0 Å². The van der Waals surface area contributed by atoms with E-state index in [1.807, 2.05) is 31.2 Å². The van der Waals surface area contributed by atoms with Crippen molar-refractivity contribution in [3.63, 3.8) is 0 Å². The fraction of sp³-hybridized carbons (Fsp3) is 0.438. The third-order valence-electron chi connectivity index (χ3n) is 2.63. The Kier molecular flexibility index (Phi) is 8.18. The van der Waals surface area contributed by atoms with Gasteiger partial charge in [0.25, 0.3) is 5.91 Å². The van der Waals surface area contributed by atoms with Crippen LogP contribution in [0.5, 0.6) is 0 Å². The molecule has 0 saturated carbocycles. The number of esters is 1. The average molecular weight is 338 g/mol. The molecule has 0 fully saturated rings. The van der Waals surface area contributed by atoms with E-state index in [4.69, 9.17) is 4.74 Å². The third kappa shape index (κ3) is 8.87. The lowest BCUT2D eigenvalue weighted by atomic mass is 10.2. The summed E-state index contributed by atoms with van der Waals surface area (Å²) in [5.41, 5.74) is 1.18. The van der Waals surface area contributed by atoms with E-state index in [9.17, 15) is 14.4 Å². The van der Waals surface area contributed by atoms with Crippen LogP contribution in [0.2, 0.25) is 0 Å². The number of ether oxygens (including phenoxy) is 1. The van der Waals surface area contributed by atoms with Crippen LogP contribution in [0.1, 0.15) is 25.8 Å². The Morgan fingerprint density at radius 3 is 2.43 bits per heavy atom. The summed E-state index contributed by atoms with van der Waals surface area (Å²) in [6.07, 6.45) is 0.198. The van der Waals surface area contributed by atoms with Gasteiger partial charge in [-0.05, 0) is 32.9 Å². The van der Waals surface area contributed by atoms with Crippen molar-refractivity contribution in [3.05, 3.63) is 29.8 Å². The van der Waals surface area contributed by atoms with E-state index in [-0.39, 0.29) is 12.5 Å². The number of imide groups is 1. The number of nitrogens with one attached hydrogen (secondary N) is 2. The maximum absolute atomic E-state index is 11.5. The summed E-state index contributed by atoms with van der Waals surface area (Å²) < 4.78 is 4.82. The number of amides is 3. The number of carbonyl (C=O) groups is 3. The maximum Gasteiger partial charge on any atom is 0.321 e. The molecule has 2 N–H and O–H groups in total. The molecule has 1 aromatic rings. The first-order valence-electron chi connectivity index (χ1n) is 7.32. The predicted octanol–water partition coefficient (Wildman–Crippen LogP) is 2.25. The molecule has 0 bridgehead atoms. The number of urea groups is 1. The fourth-order valence-electron chi connectivity index (χ4n) is 1.57. The van der Waals surface area contributed by atoms with Crippen molar-refractivity contribution in [1.82, 2.24) is 10.6 Å². The second-order valence-electron chi connectivity index (χ2n) is 5.25. The van der Waals surface area contributed by atoms with Crippen molar-refractivity contribution in [3.8, 4) is 0 Å². The highest BCUT2D eigenvalue weighted by Gasteiger charge is 2.11. The van der Waals surface area contributed by atoms with Crippen LogP contribution >= 0.6 is 11.8 Å². The summed E-state index contributed by atoms with van der Waals surface area (Å²) in [5, 5.41) is 4.59. The zero-order chi connectivity index (χ0) is 17.2. The standard InChI is InChI=1S/C16H22N2O4S/c1-11(2)17-16(21)18-14(19)10-22-15(20)8-9-23-13-6-4-12(3)5-7-13/h4-7,11H,8-10H2,1-3H3,(H2,17,18,19,21). The Labute approximate surface area is 140 Å². The number of benzene rings is 1. The molecule has 1 aromatic carbocycles. The minimum absolute atomic E-state index is 0.0795. The van der Waals surface area contributed by atoms with E-state index in [1.165, 1.54) is 5.56 Å². The van der Waals surface area contributed by atoms with Crippen molar-refractivity contribution in [2.45, 2.75) is 38.1 Å². The predicted molar refractivity (Wildman–Crippen MR) is 89.3 cm³/mol. The van der Waals surface area contributed by atoms with Crippen molar-refractivity contribution in [2.75, 3.05) is 12.4 Å². The lowest BCUT2D eigenvalue weighted by molar-refractivity contribution is -0.147. The van der Waals surface area contributed by atoms with E-state index < -0.39 is 24.5 Å². The van der Waals surface area contributed by atoms with Crippen molar-refractivity contribution < 1.29 is 19.1 Å². The van der Waals surface area contributed by atoms with Crippen LogP contribution in [0.4, 0.5) is 4.79 Å². The molecule has 0 aliphatic carbocycles. The first-order valence-corrected chi connectivity index (χ1v) is 8.31. The quantitative estimate of drug-likeness (QED) is 0.588. The summed E-state index contributed by atoms with van der Waals surface area (Å²) >= 11 is 1.54. The second kappa shape index (κ2) is 9.89. The lowest BCUT2D eigenvalue weighted by Crippen LogP contribution is -2.44. The molecule has 0 aliphatic rings. The first kappa shape index (κ1) is 19.0. The summed E-state index contributed by atoms with van der Waals surface area (Å²) in [6.45, 7) is 5.10. The molecule has 1 rings (SSSR count). The van der Waals surface area contributed by atoms with Crippen molar-refractivity contribution in [2.24, 2.45) is 0 Å². The molecule has 6 nitrogen and oxygen atoms in total. The molecule has 0 radical (unpaired) electrons. The summed E-state index contributed by atoms with van der Waals surface area (Å²) in [6, 6.07) is 7.32. The largest absolute Gasteiger partial charge is 0.456 e. The molecule has 126 valence electrons. The molecule has 0 atom stereocenters. The third-order valence-corrected chi connectivity index (χ3v) is 3.65. The molecule has 23 heavy (non-hydrogen) atoms. The Morgan fingerprint density at radius 1 is 1.17 bits per heavy atom. The zero-order valence-corrected chi connectivity index (χ0v) is 14.4. The molecule has 0 aromatic heterocycles. The highest BCUT2D eigenvalue weighted by Crippen LogP contribution is 2.19. The number of carbonyl (C=O) groups excluding carboxylic acids is 3. The number of thioether (sulfide) groups is 1. The van der Waals surface area contributed by atoms with E-state index in [1.54, 1.807) is 25.6 Å². The van der Waals surface area contributed by atoms with Gasteiger partial charge < -0.3 is 10.1 Å². The molecule has 0 spiro atoms. The Morgan fingerprint density at radius 2 is 1.83 bits per heavy atom. The normalized spacial score (nSPS) is 10.3. The van der Waals surface area contributed by atoms with E-state index in [2.05, 4.69) is 10.6 Å². The maximum atomic E-state index is 11.5. The molecule has 0 unspecified atom stereocenters. The number of aryl methyl sites for hydroxylation is 1. The highest BCUT2D eigenvalue weighted by atomic mass is 32.2. The summed E-state index contributed by atoms with van der Waals surface area (Å²) in [7, 11) is 0. The van der Waals surface area contributed by atoms with Gasteiger partial charge in [-0.25, -0.2) is 4.79 Å². The number of hydrogen-bond donors (Lipinski definition) is 2. The van der Waals surface area contributed by atoms with Gasteiger partial charge in [0.15, 0.2) is 6.61 Å². The second-order valence-corrected chi connectivity index (χ2v) is 6.42. The van der Waals surface area contributed by atoms with Crippen LogP contribution in [-0.4, -0.2) is 36.3 Å². The smallest absolute Gasteiger partial charge is 0.321 e. The molecular formula is C16H22N2O4S. The SMILES string of the molecule is Cc1ccc(SCCC(=O)OCC(=O)NC(=O)NC(C)C)cc1. The van der Waals surface area contributed by atoms with E-state index in [0.717, 1.165) is 4.90 Å². The van der Waals surface area contributed by atoms with Crippen LogP contribution in [0.15, 0.2) is 29.2 Å². The summed E-state index contributed by atoms with van der Waals surface area (Å²) in [5.74, 6) is -0.552. The number of hydrogen-bond acceptors (Lipinski definition) is 5. The fourth-order valence-corrected chi connectivity index (χ4v) is 2.40. The van der Waals surface area contributed by atoms with Crippen LogP contribution < -0.4 is 10.6 Å². The molecule has 0 aliphatic heterocycles. The molecule has 7 heteroatoms. The van der Waals surface area contributed by atoms with Gasteiger partial charge in [0.1, 0.15) is 0 Å². The monoisotopic (exact) mass is 338 g/mol. The molecule has 0 heterocycles. The topological polar surface area (TPSA) is 84.5 Å². The van der Waals surface area contributed by atoms with Crippen LogP contribution in [-0.2, 0) is 14.3 Å². The van der Waals surface area contributed by atoms with E-state index in [0.29, 0.717) is 5.75 Å². The molecule has 3 amide bonds. The Hall–Kier alpha value is -2.02. The highest BCUT2D eigenvalue weighted by molar-refractivity contribution is 7.99. The average Bonchev–Trinajstić information content (AvgIpc) is 2.46. The number of rotatable bonds is 7.